The zero-order valence-electron chi connectivity index (χ0n) is 37.8. The number of ether oxygens (including phenoxy) is 6. The Balaban J connectivity index is 1.46. The summed E-state index contributed by atoms with van der Waals surface area (Å²) in [6, 6.07) is 39.1. The molecule has 6 rings (SSSR count). The van der Waals surface area contributed by atoms with E-state index in [0.717, 1.165) is 0 Å². The van der Waals surface area contributed by atoms with Crippen molar-refractivity contribution in [3.05, 3.63) is 149 Å². The third-order valence-corrected chi connectivity index (χ3v) is 13.4. The van der Waals surface area contributed by atoms with Crippen molar-refractivity contribution >= 4 is 20.5 Å². The van der Waals surface area contributed by atoms with Crippen LogP contribution in [0.15, 0.2) is 121 Å². The summed E-state index contributed by atoms with van der Waals surface area (Å²) in [5, 5.41) is 0. The number of esters is 2. The van der Waals surface area contributed by atoms with Gasteiger partial charge >= 0.3 is 11.9 Å². The lowest BCUT2D eigenvalue weighted by Crippen LogP contribution is -2.51. The fourth-order valence-electron chi connectivity index (χ4n) is 8.24. The van der Waals surface area contributed by atoms with Crippen LogP contribution in [-0.2, 0) is 38.4 Å². The van der Waals surface area contributed by atoms with E-state index in [1.54, 1.807) is 35.2 Å². The third-order valence-electron chi connectivity index (χ3n) is 11.3. The van der Waals surface area contributed by atoms with E-state index in [1.165, 1.54) is 22.3 Å². The van der Waals surface area contributed by atoms with Gasteiger partial charge in [0.25, 0.3) is 8.53 Å². The van der Waals surface area contributed by atoms with E-state index in [9.17, 15) is 9.59 Å². The lowest BCUT2D eigenvalue weighted by molar-refractivity contribution is -0.183. The van der Waals surface area contributed by atoms with E-state index in [0.29, 0.717) is 40.5 Å². The molecule has 0 aromatic heterocycles. The van der Waals surface area contributed by atoms with Crippen LogP contribution < -0.4 is 14.2 Å². The molecule has 12 heteroatoms. The highest BCUT2D eigenvalue weighted by atomic mass is 31.2. The number of benzene rings is 5. The summed E-state index contributed by atoms with van der Waals surface area (Å²) in [6.45, 7) is 11.0. The van der Waals surface area contributed by atoms with Crippen molar-refractivity contribution in [2.45, 2.75) is 65.1 Å². The van der Waals surface area contributed by atoms with Crippen LogP contribution in [0.1, 0.15) is 75.3 Å². The maximum atomic E-state index is 14.7. The quantitative estimate of drug-likeness (QED) is 0.0287. The van der Waals surface area contributed by atoms with Crippen molar-refractivity contribution in [3.63, 3.8) is 0 Å². The minimum Gasteiger partial charge on any atom is -0.497 e. The number of carbonyl (C=O) groups is 2. The fourth-order valence-corrected chi connectivity index (χ4v) is 9.95. The number of methoxy groups -OCH3 is 3. The molecular formula is C51H60NO10P. The largest absolute Gasteiger partial charge is 0.497 e. The summed E-state index contributed by atoms with van der Waals surface area (Å²) in [4.78, 5) is 29.3. The molecule has 0 radical (unpaired) electrons. The first-order valence-corrected chi connectivity index (χ1v) is 22.5. The molecule has 0 fully saturated rings. The first-order chi connectivity index (χ1) is 30.5. The number of nitrogens with zero attached hydrogens (tertiary/aromatic N) is 1. The Labute approximate surface area is 373 Å². The van der Waals surface area contributed by atoms with Crippen molar-refractivity contribution in [3.8, 4) is 28.4 Å². The molecule has 0 bridgehead atoms. The predicted molar refractivity (Wildman–Crippen MR) is 245 cm³/mol. The molecule has 5 aromatic rings. The maximum Gasteiger partial charge on any atom is 0.328 e. The van der Waals surface area contributed by atoms with Crippen LogP contribution in [0.2, 0.25) is 0 Å². The Bertz CT molecular complexity index is 2070. The molecular weight excluding hydrogens is 818 g/mol. The SMILES string of the molecule is CCOC(=O)C(COP(OCC1c2ccccc2-c2ccccc21)N(C(C)C)C(C)C)(COC(c1ccc(OC)cc1)(c1ccc(OC)cc1)c1ccc(OC)cc1)C(=O)OCC. The highest BCUT2D eigenvalue weighted by molar-refractivity contribution is 7.44. The molecule has 1 aliphatic rings. The highest BCUT2D eigenvalue weighted by Crippen LogP contribution is 2.52. The minimum absolute atomic E-state index is 0.00353. The van der Waals surface area contributed by atoms with E-state index in [2.05, 4.69) is 56.6 Å². The van der Waals surface area contributed by atoms with Gasteiger partial charge in [-0.15, -0.1) is 0 Å². The van der Waals surface area contributed by atoms with Crippen LogP contribution in [0.5, 0.6) is 17.2 Å². The highest BCUT2D eigenvalue weighted by Gasteiger charge is 2.54. The number of rotatable bonds is 22. The second kappa shape index (κ2) is 21.4. The standard InChI is InChI=1S/C51H60NO10P/c1-10-58-48(53)50(49(54)59-11-2,34-62-63(52(35(3)4)36(5)6)61-32-47-45-18-14-12-16-43(45)44-17-13-15-19-46(44)47)33-60-51(37-20-26-40(55-7)27-21-37,38-22-28-41(56-8)29-23-38)39-24-30-42(57-9)31-25-39/h12-31,35-36,47H,10-11,32-34H2,1-9H3. The van der Waals surface area contributed by atoms with Gasteiger partial charge in [-0.2, -0.15) is 0 Å². The summed E-state index contributed by atoms with van der Waals surface area (Å²) in [5.41, 5.74) is 3.21. The molecule has 11 nitrogen and oxygen atoms in total. The lowest BCUT2D eigenvalue weighted by atomic mass is 9.79. The van der Waals surface area contributed by atoms with Gasteiger partial charge in [0.15, 0.2) is 0 Å². The Morgan fingerprint density at radius 2 is 0.968 bits per heavy atom. The molecule has 0 spiro atoms. The van der Waals surface area contributed by atoms with E-state index in [4.69, 9.17) is 37.5 Å². The number of carbonyl (C=O) groups excluding carboxylic acids is 2. The molecule has 0 amide bonds. The second-order valence-corrected chi connectivity index (χ2v) is 17.2. The van der Waals surface area contributed by atoms with Gasteiger partial charge in [0.1, 0.15) is 22.8 Å². The van der Waals surface area contributed by atoms with Gasteiger partial charge in [-0.1, -0.05) is 84.9 Å². The third kappa shape index (κ3) is 9.94. The molecule has 334 valence electrons. The van der Waals surface area contributed by atoms with E-state index < -0.39 is 44.7 Å². The topological polar surface area (TPSA) is 111 Å². The Kier molecular flexibility index (Phi) is 16.0. The van der Waals surface area contributed by atoms with Crippen molar-refractivity contribution < 1.29 is 47.1 Å². The van der Waals surface area contributed by atoms with Crippen molar-refractivity contribution in [1.29, 1.82) is 0 Å². The molecule has 1 atom stereocenters. The van der Waals surface area contributed by atoms with Crippen molar-refractivity contribution in [2.24, 2.45) is 5.41 Å². The molecule has 63 heavy (non-hydrogen) atoms. The molecule has 0 saturated carbocycles. The van der Waals surface area contributed by atoms with E-state index in [-0.39, 0.29) is 31.2 Å². The van der Waals surface area contributed by atoms with Gasteiger partial charge < -0.3 is 37.5 Å². The molecule has 1 unspecified atom stereocenters. The van der Waals surface area contributed by atoms with Gasteiger partial charge in [0.05, 0.1) is 54.4 Å². The normalized spacial score (nSPS) is 13.1. The maximum absolute atomic E-state index is 14.7. The fraction of sp³-hybridized carbons (Fsp3) is 0.373. The molecule has 0 saturated heterocycles. The Morgan fingerprint density at radius 1 is 0.571 bits per heavy atom. The van der Waals surface area contributed by atoms with E-state index in [1.807, 2.05) is 97.1 Å². The van der Waals surface area contributed by atoms with Gasteiger partial charge in [-0.25, -0.2) is 4.67 Å². The Hall–Kier alpha value is -5.29. The summed E-state index contributed by atoms with van der Waals surface area (Å²) in [7, 11) is 2.90. The van der Waals surface area contributed by atoms with Crippen LogP contribution in [0.25, 0.3) is 11.1 Å². The zero-order chi connectivity index (χ0) is 45.1. The van der Waals surface area contributed by atoms with Gasteiger partial charge in [0.2, 0.25) is 5.41 Å². The van der Waals surface area contributed by atoms with Crippen LogP contribution in [-0.4, -0.2) is 83.1 Å². The van der Waals surface area contributed by atoms with Crippen LogP contribution in [0, 0.1) is 5.41 Å². The monoisotopic (exact) mass is 877 g/mol. The zero-order valence-corrected chi connectivity index (χ0v) is 38.7. The predicted octanol–water partition coefficient (Wildman–Crippen LogP) is 10.3. The van der Waals surface area contributed by atoms with Crippen molar-refractivity contribution in [1.82, 2.24) is 4.67 Å². The summed E-state index contributed by atoms with van der Waals surface area (Å²) in [6.07, 6.45) is 0. The van der Waals surface area contributed by atoms with Crippen molar-refractivity contribution in [2.75, 3.05) is 54.4 Å². The van der Waals surface area contributed by atoms with Crippen LogP contribution >= 0.6 is 8.53 Å². The first-order valence-electron chi connectivity index (χ1n) is 21.4. The minimum atomic E-state index is -2.11. The number of hydrogen-bond acceptors (Lipinski definition) is 11. The lowest BCUT2D eigenvalue weighted by Gasteiger charge is -2.40. The molecule has 5 aromatic carbocycles. The summed E-state index contributed by atoms with van der Waals surface area (Å²) >= 11 is 0. The van der Waals surface area contributed by atoms with Crippen LogP contribution in [0.3, 0.4) is 0 Å². The molecule has 0 aliphatic heterocycles. The van der Waals surface area contributed by atoms with E-state index >= 15 is 0 Å². The molecule has 0 heterocycles. The first kappa shape index (κ1) is 47.2. The average molecular weight is 878 g/mol. The second-order valence-electron chi connectivity index (χ2n) is 15.8. The number of fused-ring (bicyclic) bond motifs is 3. The van der Waals surface area contributed by atoms with Gasteiger partial charge in [0, 0.05) is 18.0 Å². The summed E-state index contributed by atoms with van der Waals surface area (Å²) < 4.78 is 51.4. The average Bonchev–Trinajstić information content (AvgIpc) is 3.62. The Morgan fingerprint density at radius 3 is 1.33 bits per heavy atom. The van der Waals surface area contributed by atoms with Gasteiger partial charge in [-0.3, -0.25) is 9.59 Å². The molecule has 1 aliphatic carbocycles. The number of hydrogen-bond donors (Lipinski definition) is 0. The van der Waals surface area contributed by atoms with Crippen LogP contribution in [0.4, 0.5) is 0 Å². The smallest absolute Gasteiger partial charge is 0.328 e. The summed E-state index contributed by atoms with van der Waals surface area (Å²) in [5.74, 6) is 0.160. The van der Waals surface area contributed by atoms with Gasteiger partial charge in [-0.05, 0) is 117 Å². The molecule has 0 N–H and O–H groups in total.